The maximum absolute atomic E-state index is 13.2. The number of hydrogen-bond donors (Lipinski definition) is 1. The molecular weight excluding hydrogens is 385 g/mol. The standard InChI is InChI=1S/C20H16FNO3S2/c21-15-9-7-13(8-10-15)16-5-2-1-4-14(16)12-17-19(25)22(20(26)27-17)11-3-6-18(23)24/h1-2,4-5,7-10,12H,3,6,11H2,(H,23,24)/b17-12-. The van der Waals surface area contributed by atoms with E-state index >= 15 is 0 Å². The molecule has 1 fully saturated rings. The van der Waals surface area contributed by atoms with E-state index in [0.717, 1.165) is 16.7 Å². The van der Waals surface area contributed by atoms with Crippen LogP contribution in [0, 0.1) is 5.82 Å². The third-order valence-electron chi connectivity index (χ3n) is 4.05. The minimum Gasteiger partial charge on any atom is -0.481 e. The summed E-state index contributed by atoms with van der Waals surface area (Å²) in [6, 6.07) is 13.7. The lowest BCUT2D eigenvalue weighted by Gasteiger charge is -2.13. The van der Waals surface area contributed by atoms with Gasteiger partial charge in [0.05, 0.1) is 4.91 Å². The van der Waals surface area contributed by atoms with Crippen molar-refractivity contribution >= 4 is 46.3 Å². The molecule has 2 aromatic carbocycles. The molecule has 0 bridgehead atoms. The molecule has 1 saturated heterocycles. The highest BCUT2D eigenvalue weighted by Crippen LogP contribution is 2.34. The van der Waals surface area contributed by atoms with Crippen molar-refractivity contribution in [2.75, 3.05) is 6.54 Å². The summed E-state index contributed by atoms with van der Waals surface area (Å²) < 4.78 is 13.6. The van der Waals surface area contributed by atoms with E-state index in [4.69, 9.17) is 17.3 Å². The summed E-state index contributed by atoms with van der Waals surface area (Å²) in [7, 11) is 0. The van der Waals surface area contributed by atoms with Crippen molar-refractivity contribution in [3.8, 4) is 11.1 Å². The van der Waals surface area contributed by atoms with Gasteiger partial charge in [-0.3, -0.25) is 14.5 Å². The molecule has 0 aliphatic carbocycles. The van der Waals surface area contributed by atoms with Gasteiger partial charge in [0.15, 0.2) is 0 Å². The molecule has 27 heavy (non-hydrogen) atoms. The normalized spacial score (nSPS) is 15.6. The highest BCUT2D eigenvalue weighted by atomic mass is 32.2. The number of thiocarbonyl (C=S) groups is 1. The van der Waals surface area contributed by atoms with Gasteiger partial charge in [-0.15, -0.1) is 0 Å². The maximum Gasteiger partial charge on any atom is 0.303 e. The van der Waals surface area contributed by atoms with Crippen LogP contribution in [-0.2, 0) is 9.59 Å². The van der Waals surface area contributed by atoms with Crippen molar-refractivity contribution in [3.05, 3.63) is 64.8 Å². The number of thioether (sulfide) groups is 1. The number of carbonyl (C=O) groups is 2. The Morgan fingerprint density at radius 2 is 1.89 bits per heavy atom. The van der Waals surface area contributed by atoms with Crippen LogP contribution in [-0.4, -0.2) is 32.7 Å². The van der Waals surface area contributed by atoms with Crippen LogP contribution >= 0.6 is 24.0 Å². The number of benzene rings is 2. The van der Waals surface area contributed by atoms with E-state index in [0.29, 0.717) is 15.6 Å². The molecule has 3 rings (SSSR count). The van der Waals surface area contributed by atoms with Gasteiger partial charge in [-0.1, -0.05) is 60.4 Å². The zero-order valence-electron chi connectivity index (χ0n) is 14.2. The van der Waals surface area contributed by atoms with Crippen LogP contribution in [0.1, 0.15) is 18.4 Å². The number of halogens is 1. The Labute approximate surface area is 165 Å². The molecule has 1 aliphatic heterocycles. The van der Waals surface area contributed by atoms with Crippen LogP contribution in [0.2, 0.25) is 0 Å². The van der Waals surface area contributed by atoms with Crippen molar-refractivity contribution in [2.45, 2.75) is 12.8 Å². The van der Waals surface area contributed by atoms with E-state index < -0.39 is 5.97 Å². The first-order valence-corrected chi connectivity index (χ1v) is 9.50. The van der Waals surface area contributed by atoms with E-state index in [1.807, 2.05) is 24.3 Å². The first-order chi connectivity index (χ1) is 13.0. The molecule has 0 unspecified atom stereocenters. The van der Waals surface area contributed by atoms with Crippen molar-refractivity contribution < 1.29 is 19.1 Å². The van der Waals surface area contributed by atoms with Gasteiger partial charge in [0, 0.05) is 13.0 Å². The molecule has 1 aliphatic rings. The van der Waals surface area contributed by atoms with Gasteiger partial charge in [-0.2, -0.15) is 0 Å². The fourth-order valence-electron chi connectivity index (χ4n) is 2.74. The second-order valence-electron chi connectivity index (χ2n) is 5.92. The molecule has 0 atom stereocenters. The van der Waals surface area contributed by atoms with E-state index in [-0.39, 0.29) is 24.7 Å². The van der Waals surface area contributed by atoms with Gasteiger partial charge < -0.3 is 5.11 Å². The molecule has 1 heterocycles. The van der Waals surface area contributed by atoms with Crippen LogP contribution in [0.25, 0.3) is 17.2 Å². The van der Waals surface area contributed by atoms with Crippen LogP contribution in [0.15, 0.2) is 53.4 Å². The molecule has 7 heteroatoms. The molecule has 0 spiro atoms. The minimum absolute atomic E-state index is 0.0104. The Morgan fingerprint density at radius 1 is 1.19 bits per heavy atom. The topological polar surface area (TPSA) is 57.6 Å². The second kappa shape index (κ2) is 8.45. The fourth-order valence-corrected chi connectivity index (χ4v) is 4.04. The molecule has 0 radical (unpaired) electrons. The Balaban J connectivity index is 1.85. The largest absolute Gasteiger partial charge is 0.481 e. The Hall–Kier alpha value is -2.51. The molecule has 1 amide bonds. The number of carbonyl (C=O) groups excluding carboxylic acids is 1. The van der Waals surface area contributed by atoms with Gasteiger partial charge >= 0.3 is 5.97 Å². The molecule has 2 aromatic rings. The van der Waals surface area contributed by atoms with Crippen molar-refractivity contribution in [1.29, 1.82) is 0 Å². The first kappa shape index (κ1) is 19.3. The maximum atomic E-state index is 13.2. The number of amides is 1. The zero-order chi connectivity index (χ0) is 19.4. The Morgan fingerprint density at radius 3 is 2.59 bits per heavy atom. The molecule has 1 N–H and O–H groups in total. The molecule has 138 valence electrons. The summed E-state index contributed by atoms with van der Waals surface area (Å²) in [5.74, 6) is -1.42. The summed E-state index contributed by atoms with van der Waals surface area (Å²) >= 11 is 6.47. The molecular formula is C20H16FNO3S2. The molecule has 4 nitrogen and oxygen atoms in total. The van der Waals surface area contributed by atoms with E-state index in [1.165, 1.54) is 28.8 Å². The lowest BCUT2D eigenvalue weighted by atomic mass is 9.99. The van der Waals surface area contributed by atoms with Gasteiger partial charge in [-0.05, 0) is 41.3 Å². The van der Waals surface area contributed by atoms with Crippen LogP contribution in [0.5, 0.6) is 0 Å². The SMILES string of the molecule is O=C(O)CCCN1C(=O)/C(=C/c2ccccc2-c2ccc(F)cc2)SC1=S. The lowest BCUT2D eigenvalue weighted by molar-refractivity contribution is -0.137. The quantitative estimate of drug-likeness (QED) is 0.568. The Kier molecular flexibility index (Phi) is 6.03. The summed E-state index contributed by atoms with van der Waals surface area (Å²) in [5, 5.41) is 8.75. The first-order valence-electron chi connectivity index (χ1n) is 8.28. The highest BCUT2D eigenvalue weighted by Gasteiger charge is 2.31. The summed E-state index contributed by atoms with van der Waals surface area (Å²) in [5.41, 5.74) is 2.56. The lowest BCUT2D eigenvalue weighted by Crippen LogP contribution is -2.29. The third kappa shape index (κ3) is 4.61. The monoisotopic (exact) mass is 401 g/mol. The zero-order valence-corrected chi connectivity index (χ0v) is 15.9. The molecule has 0 saturated carbocycles. The Bertz CT molecular complexity index is 925. The number of nitrogens with zero attached hydrogens (tertiary/aromatic N) is 1. The van der Waals surface area contributed by atoms with Crippen molar-refractivity contribution in [3.63, 3.8) is 0 Å². The second-order valence-corrected chi connectivity index (χ2v) is 7.60. The number of aliphatic carboxylic acids is 1. The van der Waals surface area contributed by atoms with Crippen LogP contribution in [0.4, 0.5) is 4.39 Å². The van der Waals surface area contributed by atoms with Crippen LogP contribution < -0.4 is 0 Å². The highest BCUT2D eigenvalue weighted by molar-refractivity contribution is 8.26. The van der Waals surface area contributed by atoms with Crippen molar-refractivity contribution in [1.82, 2.24) is 4.90 Å². The van der Waals surface area contributed by atoms with E-state index in [1.54, 1.807) is 18.2 Å². The number of carboxylic acids is 1. The van der Waals surface area contributed by atoms with E-state index in [9.17, 15) is 14.0 Å². The molecule has 0 aromatic heterocycles. The minimum atomic E-state index is -0.899. The summed E-state index contributed by atoms with van der Waals surface area (Å²) in [4.78, 5) is 25.2. The van der Waals surface area contributed by atoms with Gasteiger partial charge in [0.2, 0.25) is 0 Å². The van der Waals surface area contributed by atoms with Gasteiger partial charge in [0.25, 0.3) is 5.91 Å². The number of hydrogen-bond acceptors (Lipinski definition) is 4. The summed E-state index contributed by atoms with van der Waals surface area (Å²) in [6.07, 6.45) is 2.11. The smallest absolute Gasteiger partial charge is 0.303 e. The van der Waals surface area contributed by atoms with E-state index in [2.05, 4.69) is 0 Å². The predicted molar refractivity (Wildman–Crippen MR) is 109 cm³/mol. The predicted octanol–water partition coefficient (Wildman–Crippen LogP) is 4.56. The third-order valence-corrected chi connectivity index (χ3v) is 5.43. The van der Waals surface area contributed by atoms with Gasteiger partial charge in [-0.25, -0.2) is 4.39 Å². The average Bonchev–Trinajstić information content (AvgIpc) is 2.90. The summed E-state index contributed by atoms with van der Waals surface area (Å²) in [6.45, 7) is 0.286. The van der Waals surface area contributed by atoms with Crippen molar-refractivity contribution in [2.24, 2.45) is 0 Å². The van der Waals surface area contributed by atoms with Gasteiger partial charge in [0.1, 0.15) is 10.1 Å². The fraction of sp³-hybridized carbons (Fsp3) is 0.150. The van der Waals surface area contributed by atoms with Crippen LogP contribution in [0.3, 0.4) is 0 Å². The average molecular weight is 401 g/mol. The number of carboxylic acid groups (broad SMARTS) is 1. The number of rotatable bonds is 6.